The van der Waals surface area contributed by atoms with Crippen molar-refractivity contribution < 1.29 is 5.11 Å². The topological polar surface area (TPSA) is 60.1 Å². The van der Waals surface area contributed by atoms with Crippen molar-refractivity contribution in [2.45, 2.75) is 20.4 Å². The summed E-state index contributed by atoms with van der Waals surface area (Å²) in [6.07, 6.45) is 7.04. The quantitative estimate of drug-likeness (QED) is 0.820. The van der Waals surface area contributed by atoms with E-state index in [1.807, 2.05) is 18.4 Å². The summed E-state index contributed by atoms with van der Waals surface area (Å²) in [6, 6.07) is 3.32. The number of aryl methyl sites for hydroxylation is 1. The van der Waals surface area contributed by atoms with Crippen LogP contribution in [0.5, 0.6) is 0 Å². The van der Waals surface area contributed by atoms with Gasteiger partial charge in [0.25, 0.3) is 5.56 Å². The van der Waals surface area contributed by atoms with E-state index in [4.69, 9.17) is 11.5 Å². The van der Waals surface area contributed by atoms with Crippen LogP contribution in [0.4, 0.5) is 0 Å². The largest absolute Gasteiger partial charge is 0.395 e. The summed E-state index contributed by atoms with van der Waals surface area (Å²) in [6.45, 7) is 3.93. The Bertz CT molecular complexity index is 704. The number of rotatable bonds is 3. The van der Waals surface area contributed by atoms with E-state index >= 15 is 0 Å². The first-order valence-electron chi connectivity index (χ1n) is 5.92. The number of hydrogen-bond acceptors (Lipinski definition) is 3. The summed E-state index contributed by atoms with van der Waals surface area (Å²) in [4.78, 5) is 16.2. The number of pyridine rings is 1. The number of aliphatic hydroxyl groups excluding tert-OH is 1. The first kappa shape index (κ1) is 13.1. The van der Waals surface area contributed by atoms with Gasteiger partial charge in [0.05, 0.1) is 18.0 Å². The zero-order valence-electron chi connectivity index (χ0n) is 10.9. The average Bonchev–Trinajstić information content (AvgIpc) is 2.67. The van der Waals surface area contributed by atoms with Gasteiger partial charge < -0.3 is 9.67 Å². The maximum Gasteiger partial charge on any atom is 0.252 e. The third-order valence-corrected chi connectivity index (χ3v) is 2.99. The van der Waals surface area contributed by atoms with Crippen molar-refractivity contribution in [3.05, 3.63) is 45.9 Å². The second-order valence-electron chi connectivity index (χ2n) is 4.21. The van der Waals surface area contributed by atoms with Gasteiger partial charge in [-0.2, -0.15) is 0 Å². The van der Waals surface area contributed by atoms with Crippen LogP contribution in [-0.4, -0.2) is 25.8 Å². The number of aromatic nitrogens is 3. The van der Waals surface area contributed by atoms with Crippen molar-refractivity contribution in [1.82, 2.24) is 14.1 Å². The molecular weight excluding hydrogens is 242 g/mol. The Balaban J connectivity index is 2.55. The van der Waals surface area contributed by atoms with Gasteiger partial charge in [-0.3, -0.25) is 9.36 Å². The fourth-order valence-electron chi connectivity index (χ4n) is 2.09. The molecule has 5 heteroatoms. The maximum absolute atomic E-state index is 11.9. The summed E-state index contributed by atoms with van der Waals surface area (Å²) in [5, 5.41) is 8.86. The number of nitrogens with zero attached hydrogens (tertiary/aromatic N) is 3. The zero-order chi connectivity index (χ0) is 14.0. The van der Waals surface area contributed by atoms with Gasteiger partial charge in [0.2, 0.25) is 0 Å². The lowest BCUT2D eigenvalue weighted by molar-refractivity contribution is 0.274. The lowest BCUT2D eigenvalue weighted by Gasteiger charge is -2.09. The number of aliphatic hydroxyl groups is 1. The highest BCUT2D eigenvalue weighted by Gasteiger charge is 2.11. The van der Waals surface area contributed by atoms with E-state index in [1.165, 1.54) is 10.6 Å². The van der Waals surface area contributed by atoms with E-state index in [2.05, 4.69) is 10.9 Å². The minimum Gasteiger partial charge on any atom is -0.395 e. The molecule has 0 unspecified atom stereocenters. The Labute approximate surface area is 111 Å². The van der Waals surface area contributed by atoms with Gasteiger partial charge in [0.1, 0.15) is 11.5 Å². The number of hydrogen-bond donors (Lipinski definition) is 1. The maximum atomic E-state index is 11.9. The van der Waals surface area contributed by atoms with Gasteiger partial charge >= 0.3 is 0 Å². The number of imidazole rings is 1. The monoisotopic (exact) mass is 257 g/mol. The first-order valence-corrected chi connectivity index (χ1v) is 5.92. The minimum atomic E-state index is -0.165. The summed E-state index contributed by atoms with van der Waals surface area (Å²) in [5.74, 6) is 3.26. The predicted molar refractivity (Wildman–Crippen MR) is 72.3 cm³/mol. The molecule has 19 heavy (non-hydrogen) atoms. The van der Waals surface area contributed by atoms with Crippen molar-refractivity contribution in [1.29, 1.82) is 0 Å². The van der Waals surface area contributed by atoms with Crippen molar-refractivity contribution in [3.8, 4) is 18.0 Å². The van der Waals surface area contributed by atoms with Crippen molar-refractivity contribution in [3.63, 3.8) is 0 Å². The summed E-state index contributed by atoms with van der Waals surface area (Å²) in [5.41, 5.74) is 1.97. The second kappa shape index (κ2) is 5.12. The third-order valence-electron chi connectivity index (χ3n) is 2.99. The van der Waals surface area contributed by atoms with E-state index < -0.39 is 0 Å². The van der Waals surface area contributed by atoms with Crippen LogP contribution in [0.3, 0.4) is 0 Å². The van der Waals surface area contributed by atoms with Gasteiger partial charge in [0, 0.05) is 18.8 Å². The molecule has 0 fully saturated rings. The van der Waals surface area contributed by atoms with E-state index in [9.17, 15) is 4.79 Å². The van der Waals surface area contributed by atoms with Crippen LogP contribution in [0.15, 0.2) is 23.1 Å². The highest BCUT2D eigenvalue weighted by molar-refractivity contribution is 5.40. The van der Waals surface area contributed by atoms with Gasteiger partial charge in [-0.15, -0.1) is 6.42 Å². The fraction of sp³-hybridized carbons (Fsp3) is 0.286. The van der Waals surface area contributed by atoms with Gasteiger partial charge in [-0.05, 0) is 25.8 Å². The molecule has 0 radical (unpaired) electrons. The fourth-order valence-corrected chi connectivity index (χ4v) is 2.09. The molecule has 0 aromatic carbocycles. The normalized spacial score (nSPS) is 10.4. The average molecular weight is 257 g/mol. The minimum absolute atomic E-state index is 0.0658. The molecule has 0 bridgehead atoms. The predicted octanol–water partition coefficient (Wildman–Crippen LogP) is 0.624. The van der Waals surface area contributed by atoms with Crippen LogP contribution >= 0.6 is 0 Å². The van der Waals surface area contributed by atoms with Crippen LogP contribution in [0.25, 0.3) is 5.69 Å². The zero-order valence-corrected chi connectivity index (χ0v) is 10.9. The lowest BCUT2D eigenvalue weighted by atomic mass is 10.3. The van der Waals surface area contributed by atoms with Crippen LogP contribution < -0.4 is 5.56 Å². The third kappa shape index (κ3) is 2.30. The molecule has 0 saturated carbocycles. The molecule has 2 heterocycles. The molecule has 0 amide bonds. The Morgan fingerprint density at radius 3 is 2.74 bits per heavy atom. The standard InChI is InChI=1S/C14H15N3O2/c1-4-13-10(2)17(11(3)15-13)12-5-6-16(7-8-18)14(19)9-12/h1,5-6,9,18H,7-8H2,2-3H3. The SMILES string of the molecule is C#Cc1nc(C)n(-c2ccn(CCO)c(=O)c2)c1C. The van der Waals surface area contributed by atoms with E-state index in [-0.39, 0.29) is 18.7 Å². The molecule has 98 valence electrons. The van der Waals surface area contributed by atoms with Crippen molar-refractivity contribution in [2.75, 3.05) is 6.61 Å². The number of terminal acetylenes is 1. The molecule has 0 aliphatic heterocycles. The smallest absolute Gasteiger partial charge is 0.252 e. The molecule has 0 atom stereocenters. The van der Waals surface area contributed by atoms with Gasteiger partial charge in [-0.25, -0.2) is 4.98 Å². The van der Waals surface area contributed by atoms with Crippen molar-refractivity contribution in [2.24, 2.45) is 0 Å². The van der Waals surface area contributed by atoms with Crippen LogP contribution in [-0.2, 0) is 6.54 Å². The summed E-state index contributed by atoms with van der Waals surface area (Å²) < 4.78 is 3.30. The highest BCUT2D eigenvalue weighted by atomic mass is 16.3. The van der Waals surface area contributed by atoms with Gasteiger partial charge in [-0.1, -0.05) is 0 Å². The molecule has 0 aliphatic rings. The first-order chi connectivity index (χ1) is 9.08. The van der Waals surface area contributed by atoms with Crippen LogP contribution in [0.2, 0.25) is 0 Å². The van der Waals surface area contributed by atoms with E-state index in [0.717, 1.165) is 17.2 Å². The van der Waals surface area contributed by atoms with Gasteiger partial charge in [0.15, 0.2) is 0 Å². The van der Waals surface area contributed by atoms with E-state index in [0.29, 0.717) is 5.69 Å². The highest BCUT2D eigenvalue weighted by Crippen LogP contribution is 2.15. The Morgan fingerprint density at radius 2 is 2.21 bits per heavy atom. The molecule has 2 aromatic rings. The Hall–Kier alpha value is -2.32. The summed E-state index contributed by atoms with van der Waals surface area (Å²) in [7, 11) is 0. The molecule has 2 aromatic heterocycles. The lowest BCUT2D eigenvalue weighted by Crippen LogP contribution is -2.21. The Morgan fingerprint density at radius 1 is 1.47 bits per heavy atom. The molecule has 0 spiro atoms. The van der Waals surface area contributed by atoms with Crippen molar-refractivity contribution >= 4 is 0 Å². The molecule has 0 aliphatic carbocycles. The molecular formula is C14H15N3O2. The van der Waals surface area contributed by atoms with Crippen LogP contribution in [0, 0.1) is 26.2 Å². The second-order valence-corrected chi connectivity index (χ2v) is 4.21. The molecule has 2 rings (SSSR count). The molecule has 0 saturated heterocycles. The Kier molecular flexibility index (Phi) is 3.54. The van der Waals surface area contributed by atoms with Crippen LogP contribution in [0.1, 0.15) is 17.2 Å². The summed E-state index contributed by atoms with van der Waals surface area (Å²) >= 11 is 0. The molecule has 1 N–H and O–H groups in total. The molecule has 5 nitrogen and oxygen atoms in total. The van der Waals surface area contributed by atoms with E-state index in [1.54, 1.807) is 12.3 Å².